The Balaban J connectivity index is 2.05. The molecule has 3 atom stereocenters. The monoisotopic (exact) mass is 275 g/mol. The molecule has 1 aliphatic carbocycles. The van der Waals surface area contributed by atoms with Gasteiger partial charge in [-0.2, -0.15) is 0 Å². The van der Waals surface area contributed by atoms with Crippen LogP contribution in [0.3, 0.4) is 0 Å². The Kier molecular flexibility index (Phi) is 4.74. The average molecular weight is 275 g/mol. The van der Waals surface area contributed by atoms with E-state index in [1.165, 1.54) is 18.4 Å². The summed E-state index contributed by atoms with van der Waals surface area (Å²) in [5, 5.41) is 0. The van der Waals surface area contributed by atoms with Gasteiger partial charge in [0.1, 0.15) is 11.9 Å². The first-order valence-electron chi connectivity index (χ1n) is 7.87. The van der Waals surface area contributed by atoms with Crippen molar-refractivity contribution in [3.63, 3.8) is 0 Å². The fourth-order valence-electron chi connectivity index (χ4n) is 3.01. The third kappa shape index (κ3) is 3.76. The largest absolute Gasteiger partial charge is 0.490 e. The molecule has 2 heteroatoms. The fourth-order valence-corrected chi connectivity index (χ4v) is 3.01. The van der Waals surface area contributed by atoms with Gasteiger partial charge in [-0.3, -0.25) is 0 Å². The van der Waals surface area contributed by atoms with Gasteiger partial charge in [-0.15, -0.1) is 0 Å². The van der Waals surface area contributed by atoms with E-state index >= 15 is 0 Å². The number of nitrogens with two attached hydrogens (primary N) is 1. The van der Waals surface area contributed by atoms with Crippen LogP contribution in [0.15, 0.2) is 24.3 Å². The lowest BCUT2D eigenvalue weighted by Crippen LogP contribution is -2.37. The van der Waals surface area contributed by atoms with Crippen LogP contribution >= 0.6 is 0 Å². The van der Waals surface area contributed by atoms with Gasteiger partial charge in [-0.25, -0.2) is 0 Å². The van der Waals surface area contributed by atoms with Crippen LogP contribution in [0.4, 0.5) is 0 Å². The van der Waals surface area contributed by atoms with Crippen LogP contribution in [0, 0.1) is 11.8 Å². The molecule has 112 valence electrons. The lowest BCUT2D eigenvalue weighted by molar-refractivity contribution is 0.0742. The maximum absolute atomic E-state index is 6.22. The number of ether oxygens (including phenoxy) is 1. The number of hydrogen-bond acceptors (Lipinski definition) is 2. The lowest BCUT2D eigenvalue weighted by Gasteiger charge is -2.34. The molecule has 2 rings (SSSR count). The highest BCUT2D eigenvalue weighted by atomic mass is 16.5. The summed E-state index contributed by atoms with van der Waals surface area (Å²) in [7, 11) is 0. The van der Waals surface area contributed by atoms with Gasteiger partial charge >= 0.3 is 0 Å². The van der Waals surface area contributed by atoms with Gasteiger partial charge in [0.25, 0.3) is 0 Å². The van der Waals surface area contributed by atoms with Crippen molar-refractivity contribution < 1.29 is 4.74 Å². The van der Waals surface area contributed by atoms with Gasteiger partial charge in [0.15, 0.2) is 0 Å². The maximum atomic E-state index is 6.22. The highest BCUT2D eigenvalue weighted by Gasteiger charge is 2.29. The van der Waals surface area contributed by atoms with E-state index in [9.17, 15) is 0 Å². The SMILES string of the molecule is CC1CCC(CN)C(Oc2ccc(C(C)(C)C)cc2)C1. The molecule has 0 bridgehead atoms. The van der Waals surface area contributed by atoms with Crippen LogP contribution < -0.4 is 10.5 Å². The van der Waals surface area contributed by atoms with Crippen LogP contribution in [-0.2, 0) is 5.41 Å². The standard InChI is InChI=1S/C18H29NO/c1-13-5-6-14(12-19)17(11-13)20-16-9-7-15(8-10-16)18(2,3)4/h7-10,13-14,17H,5-6,11-12,19H2,1-4H3. The second kappa shape index (κ2) is 6.17. The van der Waals surface area contributed by atoms with Crippen molar-refractivity contribution in [2.75, 3.05) is 6.54 Å². The zero-order valence-corrected chi connectivity index (χ0v) is 13.4. The van der Waals surface area contributed by atoms with E-state index in [4.69, 9.17) is 10.5 Å². The van der Waals surface area contributed by atoms with E-state index in [1.807, 2.05) is 0 Å². The molecule has 2 N–H and O–H groups in total. The fraction of sp³-hybridized carbons (Fsp3) is 0.667. The molecule has 0 saturated heterocycles. The van der Waals surface area contributed by atoms with Crippen LogP contribution in [-0.4, -0.2) is 12.6 Å². The Hall–Kier alpha value is -1.02. The van der Waals surface area contributed by atoms with E-state index in [2.05, 4.69) is 52.0 Å². The van der Waals surface area contributed by atoms with Crippen LogP contribution in [0.1, 0.15) is 52.5 Å². The first-order chi connectivity index (χ1) is 9.40. The molecule has 1 aliphatic rings. The minimum Gasteiger partial charge on any atom is -0.490 e. The Labute approximate surface area is 123 Å². The highest BCUT2D eigenvalue weighted by molar-refractivity contribution is 5.31. The van der Waals surface area contributed by atoms with Crippen molar-refractivity contribution in [2.45, 2.75) is 58.5 Å². The van der Waals surface area contributed by atoms with Crippen molar-refractivity contribution in [1.82, 2.24) is 0 Å². The molecular weight excluding hydrogens is 246 g/mol. The van der Waals surface area contributed by atoms with Crippen LogP contribution in [0.5, 0.6) is 5.75 Å². The topological polar surface area (TPSA) is 35.2 Å². The van der Waals surface area contributed by atoms with Gasteiger partial charge in [-0.1, -0.05) is 46.2 Å². The molecule has 20 heavy (non-hydrogen) atoms. The van der Waals surface area contributed by atoms with Gasteiger partial charge in [0, 0.05) is 5.92 Å². The molecule has 1 fully saturated rings. The molecule has 1 saturated carbocycles. The van der Waals surface area contributed by atoms with E-state index in [0.717, 1.165) is 24.6 Å². The second-order valence-electron chi connectivity index (χ2n) is 7.34. The van der Waals surface area contributed by atoms with Crippen LogP contribution in [0.2, 0.25) is 0 Å². The number of benzene rings is 1. The highest BCUT2D eigenvalue weighted by Crippen LogP contribution is 2.32. The maximum Gasteiger partial charge on any atom is 0.119 e. The average Bonchev–Trinajstić information content (AvgIpc) is 2.38. The Morgan fingerprint density at radius 3 is 2.35 bits per heavy atom. The molecule has 0 heterocycles. The van der Waals surface area contributed by atoms with Crippen molar-refractivity contribution >= 4 is 0 Å². The third-order valence-electron chi connectivity index (χ3n) is 4.50. The predicted molar refractivity (Wildman–Crippen MR) is 85.1 cm³/mol. The molecule has 0 radical (unpaired) electrons. The molecular formula is C18H29NO. The van der Waals surface area contributed by atoms with E-state index in [-0.39, 0.29) is 11.5 Å². The van der Waals surface area contributed by atoms with E-state index < -0.39 is 0 Å². The Bertz CT molecular complexity index is 418. The molecule has 2 nitrogen and oxygen atoms in total. The molecule has 1 aromatic carbocycles. The first kappa shape index (κ1) is 15.4. The minimum atomic E-state index is 0.192. The van der Waals surface area contributed by atoms with Gasteiger partial charge in [-0.05, 0) is 48.4 Å². The van der Waals surface area contributed by atoms with Crippen LogP contribution in [0.25, 0.3) is 0 Å². The molecule has 3 unspecified atom stereocenters. The summed E-state index contributed by atoms with van der Waals surface area (Å²) >= 11 is 0. The Morgan fingerprint density at radius 2 is 1.80 bits per heavy atom. The molecule has 0 spiro atoms. The number of hydrogen-bond donors (Lipinski definition) is 1. The predicted octanol–water partition coefficient (Wildman–Crippen LogP) is 4.13. The molecule has 1 aromatic rings. The van der Waals surface area contributed by atoms with Gasteiger partial charge < -0.3 is 10.5 Å². The lowest BCUT2D eigenvalue weighted by atomic mass is 9.80. The third-order valence-corrected chi connectivity index (χ3v) is 4.50. The summed E-state index contributed by atoms with van der Waals surface area (Å²) in [5.74, 6) is 2.24. The molecule has 0 amide bonds. The summed E-state index contributed by atoms with van der Waals surface area (Å²) in [6.45, 7) is 9.74. The second-order valence-corrected chi connectivity index (χ2v) is 7.34. The van der Waals surface area contributed by atoms with E-state index in [0.29, 0.717) is 5.92 Å². The zero-order valence-electron chi connectivity index (χ0n) is 13.4. The summed E-state index contributed by atoms with van der Waals surface area (Å²) < 4.78 is 6.22. The Morgan fingerprint density at radius 1 is 1.15 bits per heavy atom. The van der Waals surface area contributed by atoms with Gasteiger partial charge in [0.05, 0.1) is 0 Å². The van der Waals surface area contributed by atoms with Crippen molar-refractivity contribution in [2.24, 2.45) is 17.6 Å². The van der Waals surface area contributed by atoms with Crippen molar-refractivity contribution in [3.05, 3.63) is 29.8 Å². The molecule has 0 aromatic heterocycles. The quantitative estimate of drug-likeness (QED) is 0.900. The zero-order chi connectivity index (χ0) is 14.8. The summed E-state index contributed by atoms with van der Waals surface area (Å²) in [6.07, 6.45) is 3.89. The number of rotatable bonds is 3. The summed E-state index contributed by atoms with van der Waals surface area (Å²) in [6, 6.07) is 8.57. The minimum absolute atomic E-state index is 0.192. The van der Waals surface area contributed by atoms with Gasteiger partial charge in [0.2, 0.25) is 0 Å². The molecule has 0 aliphatic heterocycles. The van der Waals surface area contributed by atoms with Crippen molar-refractivity contribution in [1.29, 1.82) is 0 Å². The summed E-state index contributed by atoms with van der Waals surface area (Å²) in [5.41, 5.74) is 7.43. The normalized spacial score (nSPS) is 27.4. The van der Waals surface area contributed by atoms with E-state index in [1.54, 1.807) is 0 Å². The smallest absolute Gasteiger partial charge is 0.119 e. The first-order valence-corrected chi connectivity index (χ1v) is 7.87. The summed E-state index contributed by atoms with van der Waals surface area (Å²) in [4.78, 5) is 0. The van der Waals surface area contributed by atoms with Crippen molar-refractivity contribution in [3.8, 4) is 5.75 Å².